The summed E-state index contributed by atoms with van der Waals surface area (Å²) in [6, 6.07) is 5.42. The van der Waals surface area contributed by atoms with E-state index in [4.69, 9.17) is 0 Å². The van der Waals surface area contributed by atoms with E-state index in [9.17, 15) is 9.00 Å². The van der Waals surface area contributed by atoms with Crippen LogP contribution in [0, 0.1) is 13.8 Å². The maximum absolute atomic E-state index is 12.5. The molecule has 1 aliphatic rings. The smallest absolute Gasteiger partial charge is 0.253 e. The van der Waals surface area contributed by atoms with E-state index in [1.165, 1.54) is 0 Å². The molecule has 0 aliphatic carbocycles. The van der Waals surface area contributed by atoms with Crippen molar-refractivity contribution in [1.82, 2.24) is 14.9 Å². The van der Waals surface area contributed by atoms with Gasteiger partial charge in [-0.3, -0.25) is 9.00 Å². The molecule has 2 heterocycles. The largest absolute Gasteiger partial charge is 0.337 e. The summed E-state index contributed by atoms with van der Waals surface area (Å²) >= 11 is 0. The van der Waals surface area contributed by atoms with E-state index in [1.807, 2.05) is 19.9 Å². The molecule has 2 aromatic rings. The molecule has 1 fully saturated rings. The van der Waals surface area contributed by atoms with Crippen LogP contribution in [0.1, 0.15) is 21.7 Å². The van der Waals surface area contributed by atoms with Crippen LogP contribution in [0.5, 0.6) is 0 Å². The third-order valence-electron chi connectivity index (χ3n) is 3.79. The first-order valence-electron chi connectivity index (χ1n) is 6.94. The third kappa shape index (κ3) is 2.81. The highest BCUT2D eigenvalue weighted by Crippen LogP contribution is 2.16. The van der Waals surface area contributed by atoms with Crippen LogP contribution in [0.25, 0.3) is 11.0 Å². The van der Waals surface area contributed by atoms with Crippen molar-refractivity contribution in [2.75, 3.05) is 24.6 Å². The molecule has 3 rings (SSSR count). The van der Waals surface area contributed by atoms with Crippen molar-refractivity contribution in [3.8, 4) is 0 Å². The molecule has 0 saturated carbocycles. The maximum atomic E-state index is 12.5. The minimum atomic E-state index is -0.778. The van der Waals surface area contributed by atoms with Gasteiger partial charge in [-0.25, -0.2) is 9.97 Å². The van der Waals surface area contributed by atoms with Gasteiger partial charge in [0, 0.05) is 41.0 Å². The Kier molecular flexibility index (Phi) is 3.71. The second-order valence-electron chi connectivity index (χ2n) is 5.24. The number of hydrogen-bond acceptors (Lipinski definition) is 4. The number of amides is 1. The number of fused-ring (bicyclic) bond motifs is 1. The molecule has 1 saturated heterocycles. The minimum Gasteiger partial charge on any atom is -0.337 e. The molecule has 0 radical (unpaired) electrons. The van der Waals surface area contributed by atoms with Crippen molar-refractivity contribution < 1.29 is 9.00 Å². The van der Waals surface area contributed by atoms with Crippen LogP contribution in [0.2, 0.25) is 0 Å². The number of nitrogens with zero attached hydrogens (tertiary/aromatic N) is 3. The average molecular weight is 303 g/mol. The highest BCUT2D eigenvalue weighted by Gasteiger charge is 2.21. The summed E-state index contributed by atoms with van der Waals surface area (Å²) in [6.45, 7) is 4.95. The minimum absolute atomic E-state index is 0.0198. The number of aromatic nitrogens is 2. The Balaban J connectivity index is 1.91. The van der Waals surface area contributed by atoms with E-state index >= 15 is 0 Å². The molecule has 6 heteroatoms. The SMILES string of the molecule is Cc1nc2ccc(C(=O)N3CCS(=O)CC3)cc2nc1C. The lowest BCUT2D eigenvalue weighted by molar-refractivity contribution is 0.0771. The van der Waals surface area contributed by atoms with E-state index < -0.39 is 10.8 Å². The monoisotopic (exact) mass is 303 g/mol. The van der Waals surface area contributed by atoms with Crippen LogP contribution in [0.15, 0.2) is 18.2 Å². The molecule has 21 heavy (non-hydrogen) atoms. The van der Waals surface area contributed by atoms with E-state index in [2.05, 4.69) is 9.97 Å². The Morgan fingerprint density at radius 1 is 1.10 bits per heavy atom. The molecular formula is C15H17N3O2S. The predicted molar refractivity (Wildman–Crippen MR) is 82.8 cm³/mol. The molecule has 0 spiro atoms. The van der Waals surface area contributed by atoms with Gasteiger partial charge in [-0.2, -0.15) is 0 Å². The molecular weight excluding hydrogens is 286 g/mol. The zero-order valence-corrected chi connectivity index (χ0v) is 12.9. The quantitative estimate of drug-likeness (QED) is 0.800. The third-order valence-corrected chi connectivity index (χ3v) is 5.06. The van der Waals surface area contributed by atoms with Crippen LogP contribution in [-0.2, 0) is 10.8 Å². The first-order chi connectivity index (χ1) is 10.0. The van der Waals surface area contributed by atoms with Gasteiger partial charge in [0.1, 0.15) is 0 Å². The van der Waals surface area contributed by atoms with Crippen LogP contribution >= 0.6 is 0 Å². The fourth-order valence-corrected chi connectivity index (χ4v) is 3.44. The molecule has 1 aromatic heterocycles. The van der Waals surface area contributed by atoms with E-state index in [-0.39, 0.29) is 5.91 Å². The molecule has 0 unspecified atom stereocenters. The van der Waals surface area contributed by atoms with Gasteiger partial charge in [-0.15, -0.1) is 0 Å². The lowest BCUT2D eigenvalue weighted by Crippen LogP contribution is -2.41. The Labute approximate surface area is 125 Å². The molecule has 0 bridgehead atoms. The summed E-state index contributed by atoms with van der Waals surface area (Å²) < 4.78 is 11.4. The summed E-state index contributed by atoms with van der Waals surface area (Å²) in [6.07, 6.45) is 0. The number of carbonyl (C=O) groups excluding carboxylic acids is 1. The van der Waals surface area contributed by atoms with Gasteiger partial charge in [0.2, 0.25) is 0 Å². The number of aryl methyl sites for hydroxylation is 2. The van der Waals surface area contributed by atoms with Gasteiger partial charge in [-0.05, 0) is 32.0 Å². The highest BCUT2D eigenvalue weighted by molar-refractivity contribution is 7.85. The summed E-state index contributed by atoms with van der Waals surface area (Å²) in [5.41, 5.74) is 3.94. The molecule has 0 N–H and O–H groups in total. The second kappa shape index (κ2) is 5.52. The van der Waals surface area contributed by atoms with Crippen molar-refractivity contribution in [3.05, 3.63) is 35.2 Å². The van der Waals surface area contributed by atoms with E-state index in [0.717, 1.165) is 22.4 Å². The molecule has 1 aliphatic heterocycles. The summed E-state index contributed by atoms with van der Waals surface area (Å²) in [4.78, 5) is 23.2. The van der Waals surface area contributed by atoms with E-state index in [1.54, 1.807) is 17.0 Å². The van der Waals surface area contributed by atoms with Crippen LogP contribution in [-0.4, -0.2) is 49.6 Å². The second-order valence-corrected chi connectivity index (χ2v) is 6.93. The molecule has 1 aromatic carbocycles. The topological polar surface area (TPSA) is 63.2 Å². The Morgan fingerprint density at radius 3 is 2.38 bits per heavy atom. The standard InChI is InChI=1S/C15H17N3O2S/c1-10-11(2)17-14-9-12(3-4-13(14)16-10)15(19)18-5-7-21(20)8-6-18/h3-4,9H,5-8H2,1-2H3. The van der Waals surface area contributed by atoms with Crippen molar-refractivity contribution in [2.45, 2.75) is 13.8 Å². The maximum Gasteiger partial charge on any atom is 0.253 e. The first-order valence-corrected chi connectivity index (χ1v) is 8.42. The fraction of sp³-hybridized carbons (Fsp3) is 0.400. The number of rotatable bonds is 1. The molecule has 110 valence electrons. The Morgan fingerprint density at radius 2 is 1.71 bits per heavy atom. The van der Waals surface area contributed by atoms with Gasteiger partial charge in [0.05, 0.1) is 22.4 Å². The van der Waals surface area contributed by atoms with Gasteiger partial charge in [0.15, 0.2) is 0 Å². The van der Waals surface area contributed by atoms with Gasteiger partial charge in [-0.1, -0.05) is 0 Å². The molecule has 0 atom stereocenters. The Bertz CT molecular complexity index is 735. The normalized spacial score (nSPS) is 16.4. The predicted octanol–water partition coefficient (Wildman–Crippen LogP) is 1.45. The van der Waals surface area contributed by atoms with Gasteiger partial charge < -0.3 is 4.90 Å². The van der Waals surface area contributed by atoms with Crippen LogP contribution in [0.4, 0.5) is 0 Å². The first kappa shape index (κ1) is 14.1. The number of carbonyl (C=O) groups is 1. The van der Waals surface area contributed by atoms with Crippen LogP contribution < -0.4 is 0 Å². The summed E-state index contributed by atoms with van der Waals surface area (Å²) in [5.74, 6) is 1.11. The van der Waals surface area contributed by atoms with Gasteiger partial charge in [0.25, 0.3) is 5.91 Å². The lowest BCUT2D eigenvalue weighted by Gasteiger charge is -2.26. The number of hydrogen-bond donors (Lipinski definition) is 0. The molecule has 5 nitrogen and oxygen atoms in total. The average Bonchev–Trinajstić information content (AvgIpc) is 2.48. The van der Waals surface area contributed by atoms with Gasteiger partial charge >= 0.3 is 0 Å². The van der Waals surface area contributed by atoms with E-state index in [0.29, 0.717) is 30.2 Å². The van der Waals surface area contributed by atoms with Crippen molar-refractivity contribution in [3.63, 3.8) is 0 Å². The highest BCUT2D eigenvalue weighted by atomic mass is 32.2. The zero-order chi connectivity index (χ0) is 15.0. The molecule has 1 amide bonds. The lowest BCUT2D eigenvalue weighted by atomic mass is 10.1. The fourth-order valence-electron chi connectivity index (χ4n) is 2.39. The number of benzene rings is 1. The van der Waals surface area contributed by atoms with Crippen molar-refractivity contribution in [1.29, 1.82) is 0 Å². The van der Waals surface area contributed by atoms with Crippen LogP contribution in [0.3, 0.4) is 0 Å². The zero-order valence-electron chi connectivity index (χ0n) is 12.1. The van der Waals surface area contributed by atoms with Crippen molar-refractivity contribution in [2.24, 2.45) is 0 Å². The Hall–Kier alpha value is -1.82. The summed E-state index contributed by atoms with van der Waals surface area (Å²) in [5, 5.41) is 0. The summed E-state index contributed by atoms with van der Waals surface area (Å²) in [7, 11) is -0.778. The van der Waals surface area contributed by atoms with Crippen molar-refractivity contribution >= 4 is 27.7 Å².